The molecule has 202 valence electrons. The van der Waals surface area contributed by atoms with Gasteiger partial charge in [0.25, 0.3) is 5.92 Å². The van der Waals surface area contributed by atoms with Crippen molar-refractivity contribution in [3.8, 4) is 11.8 Å². The van der Waals surface area contributed by atoms with Crippen molar-refractivity contribution in [1.82, 2.24) is 24.6 Å². The first-order chi connectivity index (χ1) is 18.7. The maximum Gasteiger partial charge on any atom is 0.267 e. The van der Waals surface area contributed by atoms with Crippen molar-refractivity contribution in [2.45, 2.75) is 37.8 Å². The van der Waals surface area contributed by atoms with E-state index in [1.807, 2.05) is 16.7 Å². The van der Waals surface area contributed by atoms with Crippen molar-refractivity contribution in [2.24, 2.45) is 11.3 Å². The van der Waals surface area contributed by atoms with E-state index >= 15 is 0 Å². The maximum absolute atomic E-state index is 14.9. The van der Waals surface area contributed by atoms with Gasteiger partial charge in [-0.05, 0) is 48.7 Å². The zero-order chi connectivity index (χ0) is 26.9. The van der Waals surface area contributed by atoms with E-state index in [0.29, 0.717) is 23.2 Å². The highest BCUT2D eigenvalue weighted by molar-refractivity contribution is 6.30. The Morgan fingerprint density at radius 3 is 2.64 bits per heavy atom. The lowest BCUT2D eigenvalue weighted by molar-refractivity contribution is -0.179. The van der Waals surface area contributed by atoms with Gasteiger partial charge in [-0.25, -0.2) is 18.2 Å². The van der Waals surface area contributed by atoms with Crippen LogP contribution in [-0.4, -0.2) is 63.4 Å². The van der Waals surface area contributed by atoms with Gasteiger partial charge < -0.3 is 9.64 Å². The molecule has 8 nitrogen and oxygen atoms in total. The molecule has 2 saturated heterocycles. The molecule has 0 atom stereocenters. The molecule has 1 aliphatic carbocycles. The summed E-state index contributed by atoms with van der Waals surface area (Å²) in [5.74, 6) is -1.99. The van der Waals surface area contributed by atoms with Gasteiger partial charge in [0, 0.05) is 36.0 Å². The summed E-state index contributed by atoms with van der Waals surface area (Å²) in [6, 6.07) is 10.2. The third-order valence-corrected chi connectivity index (χ3v) is 8.74. The third-order valence-electron chi connectivity index (χ3n) is 8.50. The van der Waals surface area contributed by atoms with Gasteiger partial charge in [-0.2, -0.15) is 5.26 Å². The van der Waals surface area contributed by atoms with E-state index in [1.54, 1.807) is 23.1 Å². The van der Waals surface area contributed by atoms with E-state index in [2.05, 4.69) is 20.1 Å². The van der Waals surface area contributed by atoms with Crippen LogP contribution in [0, 0.1) is 28.5 Å². The Bertz CT molecular complexity index is 1490. The van der Waals surface area contributed by atoms with Gasteiger partial charge in [0.15, 0.2) is 17.3 Å². The van der Waals surface area contributed by atoms with E-state index in [-0.39, 0.29) is 43.3 Å². The van der Waals surface area contributed by atoms with E-state index in [9.17, 15) is 13.2 Å². The first-order valence-electron chi connectivity index (χ1n) is 13.0. The molecule has 4 aliphatic rings. The highest BCUT2D eigenvalue weighted by Crippen LogP contribution is 2.56. The first kappa shape index (κ1) is 24.8. The predicted molar refractivity (Wildman–Crippen MR) is 135 cm³/mol. The molecule has 3 aromatic rings. The summed E-state index contributed by atoms with van der Waals surface area (Å²) in [5, 5.41) is 18.7. The molecular weight excluding hydrogens is 531 g/mol. The van der Waals surface area contributed by atoms with Gasteiger partial charge in [0.2, 0.25) is 0 Å². The van der Waals surface area contributed by atoms with Crippen LogP contribution in [0.4, 0.5) is 19.0 Å². The summed E-state index contributed by atoms with van der Waals surface area (Å²) in [6.45, 7) is 1.92. The minimum absolute atomic E-state index is 0.0845. The van der Waals surface area contributed by atoms with Crippen LogP contribution in [0.25, 0.3) is 5.69 Å². The molecule has 5 heterocycles. The summed E-state index contributed by atoms with van der Waals surface area (Å²) in [4.78, 5) is 7.93. The Balaban J connectivity index is 1.11. The summed E-state index contributed by atoms with van der Waals surface area (Å²) in [5.41, 5.74) is 1.65. The Kier molecular flexibility index (Phi) is 5.67. The number of nitriles is 1. The van der Waals surface area contributed by atoms with Crippen LogP contribution in [-0.2, 0) is 17.8 Å². The number of hydrogen-bond acceptors (Lipinski definition) is 7. The molecule has 0 bridgehead atoms. The number of anilines is 1. The molecule has 0 amide bonds. The van der Waals surface area contributed by atoms with Crippen LogP contribution in [0.2, 0.25) is 5.02 Å². The standard InChI is InChI=1S/C27H25ClF3N7O/c28-19-1-3-22-16(5-19)9-36(15-27(30,31)18-11-39-12-18)10-24-34-35-25(38(22)24)17-6-26(7-17)13-37(14-26)23-4-2-20(29)21(8-32)33-23/h1-5,17-18H,6-7,9-15H2. The van der Waals surface area contributed by atoms with Crippen molar-refractivity contribution >= 4 is 17.4 Å². The van der Waals surface area contributed by atoms with Crippen molar-refractivity contribution in [3.63, 3.8) is 0 Å². The van der Waals surface area contributed by atoms with Crippen molar-refractivity contribution in [3.05, 3.63) is 64.1 Å². The van der Waals surface area contributed by atoms with Crippen LogP contribution in [0.5, 0.6) is 0 Å². The van der Waals surface area contributed by atoms with Gasteiger partial charge in [-0.3, -0.25) is 9.47 Å². The first-order valence-corrected chi connectivity index (χ1v) is 13.3. The van der Waals surface area contributed by atoms with Gasteiger partial charge in [-0.15, -0.1) is 10.2 Å². The molecule has 12 heteroatoms. The number of rotatable bonds is 5. The summed E-state index contributed by atoms with van der Waals surface area (Å²) < 4.78 is 50.6. The fraction of sp³-hybridized carbons (Fsp3) is 0.481. The lowest BCUT2D eigenvalue weighted by Crippen LogP contribution is -2.62. The molecule has 7 rings (SSSR count). The van der Waals surface area contributed by atoms with Crippen LogP contribution in [0.3, 0.4) is 0 Å². The van der Waals surface area contributed by atoms with E-state index in [1.165, 1.54) is 6.07 Å². The Morgan fingerprint density at radius 1 is 1.13 bits per heavy atom. The second-order valence-corrected chi connectivity index (χ2v) is 11.7. The third kappa shape index (κ3) is 4.17. The number of alkyl halides is 2. The number of halogens is 4. The Hall–Kier alpha value is -3.20. The zero-order valence-corrected chi connectivity index (χ0v) is 21.7. The lowest BCUT2D eigenvalue weighted by atomic mass is 9.57. The minimum atomic E-state index is -2.86. The predicted octanol–water partition coefficient (Wildman–Crippen LogP) is 4.31. The molecule has 39 heavy (non-hydrogen) atoms. The smallest absolute Gasteiger partial charge is 0.267 e. The molecule has 2 aromatic heterocycles. The summed E-state index contributed by atoms with van der Waals surface area (Å²) >= 11 is 6.32. The van der Waals surface area contributed by atoms with Crippen molar-refractivity contribution in [2.75, 3.05) is 37.7 Å². The number of nitrogens with zero attached hydrogens (tertiary/aromatic N) is 7. The molecule has 1 saturated carbocycles. The van der Waals surface area contributed by atoms with Crippen LogP contribution in [0.15, 0.2) is 30.3 Å². The van der Waals surface area contributed by atoms with Crippen LogP contribution >= 0.6 is 11.6 Å². The number of ether oxygens (including phenoxy) is 1. The quantitative estimate of drug-likeness (QED) is 0.464. The largest absolute Gasteiger partial charge is 0.380 e. The minimum Gasteiger partial charge on any atom is -0.380 e. The molecule has 1 aromatic carbocycles. The second kappa shape index (κ2) is 8.91. The van der Waals surface area contributed by atoms with Gasteiger partial charge in [0.1, 0.15) is 17.7 Å². The fourth-order valence-corrected chi connectivity index (χ4v) is 6.61. The average molecular weight is 556 g/mol. The highest BCUT2D eigenvalue weighted by atomic mass is 35.5. The van der Waals surface area contributed by atoms with E-state index in [0.717, 1.165) is 43.0 Å². The van der Waals surface area contributed by atoms with Crippen LogP contribution in [0.1, 0.15) is 41.7 Å². The number of pyridine rings is 1. The SMILES string of the molecule is N#Cc1nc(N2CC3(CC(c4nnc5n4-c4ccc(Cl)cc4CN(CC(F)(F)C4COC4)C5)C3)C2)ccc1F. The Labute approximate surface area is 228 Å². The topological polar surface area (TPSA) is 83.1 Å². The summed E-state index contributed by atoms with van der Waals surface area (Å²) in [6.07, 6.45) is 1.81. The van der Waals surface area contributed by atoms with Gasteiger partial charge in [0.05, 0.1) is 37.9 Å². The molecule has 0 unspecified atom stereocenters. The Morgan fingerprint density at radius 2 is 1.92 bits per heavy atom. The number of fused-ring (bicyclic) bond motifs is 3. The highest BCUT2D eigenvalue weighted by Gasteiger charge is 2.54. The van der Waals surface area contributed by atoms with Crippen LogP contribution < -0.4 is 4.90 Å². The van der Waals surface area contributed by atoms with E-state index in [4.69, 9.17) is 21.6 Å². The molecule has 0 radical (unpaired) electrons. The molecular formula is C27H25ClF3N7O. The fourth-order valence-electron chi connectivity index (χ4n) is 6.41. The number of benzene rings is 1. The van der Waals surface area contributed by atoms with Gasteiger partial charge in [-0.1, -0.05) is 11.6 Å². The maximum atomic E-state index is 14.9. The molecule has 1 spiro atoms. The second-order valence-electron chi connectivity index (χ2n) is 11.3. The zero-order valence-electron chi connectivity index (χ0n) is 21.0. The monoisotopic (exact) mass is 555 g/mol. The van der Waals surface area contributed by atoms with E-state index < -0.39 is 17.7 Å². The molecule has 0 N–H and O–H groups in total. The van der Waals surface area contributed by atoms with Crippen molar-refractivity contribution in [1.29, 1.82) is 5.26 Å². The normalized spacial score (nSPS) is 20.8. The number of hydrogen-bond donors (Lipinski definition) is 0. The average Bonchev–Trinajstić information content (AvgIpc) is 3.12. The lowest BCUT2D eigenvalue weighted by Gasteiger charge is -2.59. The molecule has 3 fully saturated rings. The molecule has 3 aliphatic heterocycles. The van der Waals surface area contributed by atoms with Crippen molar-refractivity contribution < 1.29 is 17.9 Å². The number of aromatic nitrogens is 4. The van der Waals surface area contributed by atoms with Gasteiger partial charge >= 0.3 is 0 Å². The summed E-state index contributed by atoms with van der Waals surface area (Å²) in [7, 11) is 0.